The fraction of sp³-hybridized carbons (Fsp3) is 0.130. The third-order valence-electron chi connectivity index (χ3n) is 4.72. The first-order valence-corrected chi connectivity index (χ1v) is 9.81. The van der Waals surface area contributed by atoms with Gasteiger partial charge < -0.3 is 15.0 Å². The van der Waals surface area contributed by atoms with Crippen LogP contribution in [0.25, 0.3) is 22.0 Å². The molecule has 2 N–H and O–H groups in total. The molecule has 1 heterocycles. The van der Waals surface area contributed by atoms with E-state index in [1.807, 2.05) is 32.3 Å². The lowest BCUT2D eigenvalue weighted by Gasteiger charge is -2.12. The lowest BCUT2D eigenvalue weighted by atomic mass is 10.0. The number of aromatic nitrogens is 2. The summed E-state index contributed by atoms with van der Waals surface area (Å²) in [4.78, 5) is 14.3. The number of halogens is 1. The first-order valence-electron chi connectivity index (χ1n) is 9.44. The van der Waals surface area contributed by atoms with Gasteiger partial charge in [-0.2, -0.15) is 5.10 Å². The molecule has 152 valence electrons. The number of aromatic amines is 1. The van der Waals surface area contributed by atoms with Crippen LogP contribution in [0, 0.1) is 0 Å². The van der Waals surface area contributed by atoms with Gasteiger partial charge in [-0.15, -0.1) is 0 Å². The monoisotopic (exact) mass is 420 g/mol. The normalized spacial score (nSPS) is 10.8. The molecule has 4 aromatic rings. The molecule has 0 aliphatic carbocycles. The van der Waals surface area contributed by atoms with Crippen molar-refractivity contribution in [3.63, 3.8) is 0 Å². The second-order valence-electron chi connectivity index (χ2n) is 7.06. The van der Waals surface area contributed by atoms with Gasteiger partial charge in [0, 0.05) is 30.2 Å². The number of amides is 1. The number of benzene rings is 3. The second-order valence-corrected chi connectivity index (χ2v) is 7.50. The first-order chi connectivity index (χ1) is 14.5. The molecule has 1 aromatic heterocycles. The van der Waals surface area contributed by atoms with E-state index in [9.17, 15) is 4.79 Å². The number of hydrogen-bond acceptors (Lipinski definition) is 4. The van der Waals surface area contributed by atoms with Crippen molar-refractivity contribution in [1.82, 2.24) is 10.2 Å². The Morgan fingerprint density at radius 2 is 1.73 bits per heavy atom. The van der Waals surface area contributed by atoms with Crippen LogP contribution >= 0.6 is 11.6 Å². The van der Waals surface area contributed by atoms with Gasteiger partial charge in [0.2, 0.25) is 0 Å². The maximum absolute atomic E-state index is 12.2. The summed E-state index contributed by atoms with van der Waals surface area (Å²) in [7, 11) is 4.03. The maximum Gasteiger partial charge on any atom is 0.263 e. The minimum absolute atomic E-state index is 0.119. The molecule has 0 saturated carbocycles. The average molecular weight is 421 g/mol. The summed E-state index contributed by atoms with van der Waals surface area (Å²) in [6, 6.07) is 21.2. The van der Waals surface area contributed by atoms with Crippen LogP contribution in [0.2, 0.25) is 5.02 Å². The molecule has 0 unspecified atom stereocenters. The zero-order valence-electron chi connectivity index (χ0n) is 16.6. The van der Waals surface area contributed by atoms with Crippen LogP contribution < -0.4 is 15.0 Å². The average Bonchev–Trinajstić information content (AvgIpc) is 3.15. The summed E-state index contributed by atoms with van der Waals surface area (Å²) in [5.41, 5.74) is 4.17. The van der Waals surface area contributed by atoms with Crippen molar-refractivity contribution >= 4 is 39.9 Å². The van der Waals surface area contributed by atoms with E-state index in [1.165, 1.54) is 0 Å². The van der Waals surface area contributed by atoms with Gasteiger partial charge in [-0.25, -0.2) is 0 Å². The van der Waals surface area contributed by atoms with Gasteiger partial charge in [-0.05, 0) is 59.7 Å². The Labute approximate surface area is 179 Å². The van der Waals surface area contributed by atoms with Gasteiger partial charge in [0.1, 0.15) is 5.75 Å². The summed E-state index contributed by atoms with van der Waals surface area (Å²) in [6.07, 6.45) is 0. The molecule has 3 aromatic carbocycles. The van der Waals surface area contributed by atoms with E-state index in [2.05, 4.69) is 44.7 Å². The summed E-state index contributed by atoms with van der Waals surface area (Å²) in [5, 5.41) is 11.5. The summed E-state index contributed by atoms with van der Waals surface area (Å²) in [6.45, 7) is -0.119. The Morgan fingerprint density at radius 1 is 1.03 bits per heavy atom. The van der Waals surface area contributed by atoms with Crippen molar-refractivity contribution in [2.24, 2.45) is 0 Å². The van der Waals surface area contributed by atoms with Crippen molar-refractivity contribution in [2.75, 3.05) is 30.9 Å². The van der Waals surface area contributed by atoms with E-state index in [-0.39, 0.29) is 12.5 Å². The number of fused-ring (bicyclic) bond motifs is 1. The van der Waals surface area contributed by atoms with E-state index >= 15 is 0 Å². The smallest absolute Gasteiger partial charge is 0.263 e. The van der Waals surface area contributed by atoms with Gasteiger partial charge in [-0.1, -0.05) is 29.8 Å². The zero-order chi connectivity index (χ0) is 21.1. The second kappa shape index (κ2) is 8.47. The lowest BCUT2D eigenvalue weighted by molar-refractivity contribution is -0.118. The van der Waals surface area contributed by atoms with Crippen LogP contribution in [0.3, 0.4) is 0 Å². The van der Waals surface area contributed by atoms with Crippen molar-refractivity contribution in [3.05, 3.63) is 71.8 Å². The number of nitrogens with one attached hydrogen (secondary N) is 2. The molecule has 7 heteroatoms. The fourth-order valence-corrected chi connectivity index (χ4v) is 3.22. The molecule has 0 spiro atoms. The quantitative estimate of drug-likeness (QED) is 0.462. The van der Waals surface area contributed by atoms with Crippen LogP contribution in [-0.4, -0.2) is 36.8 Å². The van der Waals surface area contributed by atoms with Crippen LogP contribution in [0.1, 0.15) is 0 Å². The SMILES string of the molecule is CN(C)c1ccc(-c2ccc3c(NC(=O)COc4ccc(Cl)cc4)n[nH]c3c2)cc1. The highest BCUT2D eigenvalue weighted by Crippen LogP contribution is 2.28. The fourth-order valence-electron chi connectivity index (χ4n) is 3.09. The molecule has 4 rings (SSSR count). The first kappa shape index (κ1) is 19.8. The Bertz CT molecular complexity index is 1170. The molecule has 0 atom stereocenters. The molecule has 0 bridgehead atoms. The standard InChI is InChI=1S/C23H21ClN4O2/c1-28(2)18-8-3-15(4-9-18)16-5-12-20-21(13-16)26-27-23(20)25-22(29)14-30-19-10-6-17(24)7-11-19/h3-13H,14H2,1-2H3,(H2,25,26,27,29). The summed E-state index contributed by atoms with van der Waals surface area (Å²) < 4.78 is 5.47. The third-order valence-corrected chi connectivity index (χ3v) is 4.97. The van der Waals surface area contributed by atoms with Crippen molar-refractivity contribution in [1.29, 1.82) is 0 Å². The number of carbonyl (C=O) groups is 1. The molecular weight excluding hydrogens is 400 g/mol. The lowest BCUT2D eigenvalue weighted by Crippen LogP contribution is -2.20. The number of anilines is 2. The van der Waals surface area contributed by atoms with Gasteiger partial charge in [0.25, 0.3) is 5.91 Å². The molecule has 0 aliphatic rings. The minimum Gasteiger partial charge on any atom is -0.484 e. The molecule has 1 amide bonds. The van der Waals surface area contributed by atoms with E-state index in [4.69, 9.17) is 16.3 Å². The molecule has 0 fully saturated rings. The molecule has 6 nitrogen and oxygen atoms in total. The van der Waals surface area contributed by atoms with Crippen LogP contribution in [0.5, 0.6) is 5.75 Å². The van der Waals surface area contributed by atoms with Crippen molar-refractivity contribution in [2.45, 2.75) is 0 Å². The molecule has 0 aliphatic heterocycles. The van der Waals surface area contributed by atoms with E-state index in [0.717, 1.165) is 27.7 Å². The van der Waals surface area contributed by atoms with Crippen molar-refractivity contribution in [3.8, 4) is 16.9 Å². The van der Waals surface area contributed by atoms with Crippen LogP contribution in [-0.2, 0) is 4.79 Å². The zero-order valence-corrected chi connectivity index (χ0v) is 17.4. The van der Waals surface area contributed by atoms with Crippen molar-refractivity contribution < 1.29 is 9.53 Å². The highest BCUT2D eigenvalue weighted by Gasteiger charge is 2.11. The van der Waals surface area contributed by atoms with E-state index < -0.39 is 0 Å². The highest BCUT2D eigenvalue weighted by atomic mass is 35.5. The Balaban J connectivity index is 1.45. The predicted molar refractivity (Wildman–Crippen MR) is 121 cm³/mol. The minimum atomic E-state index is -0.290. The van der Waals surface area contributed by atoms with E-state index in [0.29, 0.717) is 16.6 Å². The molecule has 0 radical (unpaired) electrons. The number of carbonyl (C=O) groups excluding carboxylic acids is 1. The van der Waals surface area contributed by atoms with Crippen LogP contribution in [0.15, 0.2) is 66.7 Å². The van der Waals surface area contributed by atoms with Gasteiger partial charge in [-0.3, -0.25) is 9.89 Å². The Morgan fingerprint density at radius 3 is 2.43 bits per heavy atom. The molecule has 0 saturated heterocycles. The highest BCUT2D eigenvalue weighted by molar-refractivity contribution is 6.30. The number of hydrogen-bond donors (Lipinski definition) is 2. The van der Waals surface area contributed by atoms with E-state index in [1.54, 1.807) is 24.3 Å². The summed E-state index contributed by atoms with van der Waals surface area (Å²) in [5.74, 6) is 0.761. The maximum atomic E-state index is 12.2. The molecular formula is C23H21ClN4O2. The van der Waals surface area contributed by atoms with Gasteiger partial charge >= 0.3 is 0 Å². The summed E-state index contributed by atoms with van der Waals surface area (Å²) >= 11 is 5.85. The van der Waals surface area contributed by atoms with Crippen LogP contribution in [0.4, 0.5) is 11.5 Å². The number of ether oxygens (including phenoxy) is 1. The number of H-pyrrole nitrogens is 1. The third kappa shape index (κ3) is 4.39. The van der Waals surface area contributed by atoms with Gasteiger partial charge in [0.05, 0.1) is 5.52 Å². The number of rotatable bonds is 6. The Hall–Kier alpha value is -3.51. The largest absolute Gasteiger partial charge is 0.484 e. The topological polar surface area (TPSA) is 70.2 Å². The Kier molecular flexibility index (Phi) is 5.59. The number of nitrogens with zero attached hydrogens (tertiary/aromatic N) is 2. The van der Waals surface area contributed by atoms with Gasteiger partial charge in [0.15, 0.2) is 12.4 Å². The molecule has 30 heavy (non-hydrogen) atoms. The predicted octanol–water partition coefficient (Wildman–Crippen LogP) is 4.97.